The number of nitrogens with one attached hydrogen (secondary N) is 3. The second-order valence-corrected chi connectivity index (χ2v) is 10.8. The average Bonchev–Trinajstić information content (AvgIpc) is 2.93. The highest BCUT2D eigenvalue weighted by molar-refractivity contribution is 7.98. The highest BCUT2D eigenvalue weighted by Gasteiger charge is 2.26. The third kappa shape index (κ3) is 8.18. The Labute approximate surface area is 221 Å². The van der Waals surface area contributed by atoms with E-state index in [0.29, 0.717) is 11.3 Å². The molecule has 0 bridgehead atoms. The van der Waals surface area contributed by atoms with Crippen molar-refractivity contribution in [3.63, 3.8) is 0 Å². The molecule has 0 spiro atoms. The van der Waals surface area contributed by atoms with Crippen LogP contribution in [0.5, 0.6) is 0 Å². The van der Waals surface area contributed by atoms with E-state index < -0.39 is 33.9 Å². The van der Waals surface area contributed by atoms with E-state index in [1.165, 1.54) is 36.0 Å². The van der Waals surface area contributed by atoms with Crippen LogP contribution in [0.1, 0.15) is 29.2 Å². The van der Waals surface area contributed by atoms with Crippen molar-refractivity contribution in [1.82, 2.24) is 15.4 Å². The number of amides is 2. The van der Waals surface area contributed by atoms with Crippen LogP contribution in [0, 0.1) is 11.3 Å². The number of nitrogens with zero attached hydrogens (tertiary/aromatic N) is 1. The van der Waals surface area contributed by atoms with Crippen LogP contribution >= 0.6 is 11.8 Å². The fourth-order valence-electron chi connectivity index (χ4n) is 3.60. The lowest BCUT2D eigenvalue weighted by atomic mass is 9.99. The maximum atomic E-state index is 12.9. The predicted octanol–water partition coefficient (Wildman–Crippen LogP) is 2.98. The SMILES string of the molecule is CSCCC(NS(=O)(=O)c1ccc(C#N)cc1)C(=O)NCC(=O)NC(c1ccccc1)c1ccccc1. The summed E-state index contributed by atoms with van der Waals surface area (Å²) in [7, 11) is -4.02. The maximum absolute atomic E-state index is 12.9. The Bertz CT molecular complexity index is 1290. The Hall–Kier alpha value is -3.65. The van der Waals surface area contributed by atoms with E-state index in [4.69, 9.17) is 5.26 Å². The van der Waals surface area contributed by atoms with Gasteiger partial charge in [-0.05, 0) is 53.8 Å². The van der Waals surface area contributed by atoms with E-state index in [2.05, 4.69) is 15.4 Å². The topological polar surface area (TPSA) is 128 Å². The van der Waals surface area contributed by atoms with Gasteiger partial charge >= 0.3 is 0 Å². The molecule has 2 amide bonds. The molecular weight excluding hydrogens is 508 g/mol. The molecule has 0 fully saturated rings. The van der Waals surface area contributed by atoms with Gasteiger partial charge in [0, 0.05) is 0 Å². The van der Waals surface area contributed by atoms with E-state index >= 15 is 0 Å². The molecule has 192 valence electrons. The fraction of sp³-hybridized carbons (Fsp3) is 0.222. The van der Waals surface area contributed by atoms with Crippen LogP contribution in [0.2, 0.25) is 0 Å². The van der Waals surface area contributed by atoms with Gasteiger partial charge in [0.05, 0.1) is 29.1 Å². The van der Waals surface area contributed by atoms with Crippen LogP contribution < -0.4 is 15.4 Å². The number of carbonyl (C=O) groups is 2. The minimum absolute atomic E-state index is 0.0558. The average molecular weight is 537 g/mol. The zero-order valence-corrected chi connectivity index (χ0v) is 21.9. The molecule has 3 N–H and O–H groups in total. The lowest BCUT2D eigenvalue weighted by Gasteiger charge is -2.21. The lowest BCUT2D eigenvalue weighted by Crippen LogP contribution is -2.49. The van der Waals surface area contributed by atoms with Crippen molar-refractivity contribution in [2.75, 3.05) is 18.6 Å². The summed E-state index contributed by atoms with van der Waals surface area (Å²) < 4.78 is 28.1. The van der Waals surface area contributed by atoms with Crippen LogP contribution in [0.15, 0.2) is 89.8 Å². The number of hydrogen-bond donors (Lipinski definition) is 3. The summed E-state index contributed by atoms with van der Waals surface area (Å²) in [6.07, 6.45) is 2.09. The highest BCUT2D eigenvalue weighted by Crippen LogP contribution is 2.21. The molecule has 3 aromatic rings. The minimum Gasteiger partial charge on any atom is -0.346 e. The number of nitriles is 1. The Morgan fingerprint density at radius 1 is 0.919 bits per heavy atom. The molecule has 0 radical (unpaired) electrons. The summed E-state index contributed by atoms with van der Waals surface area (Å²) in [4.78, 5) is 25.7. The molecule has 0 heterocycles. The van der Waals surface area contributed by atoms with Gasteiger partial charge in [-0.2, -0.15) is 21.7 Å². The second-order valence-electron chi connectivity index (χ2n) is 8.13. The van der Waals surface area contributed by atoms with Crippen LogP contribution in [0.4, 0.5) is 0 Å². The molecule has 0 aromatic heterocycles. The first-order valence-corrected chi connectivity index (χ1v) is 14.4. The molecule has 1 unspecified atom stereocenters. The van der Waals surface area contributed by atoms with Gasteiger partial charge in [-0.15, -0.1) is 0 Å². The summed E-state index contributed by atoms with van der Waals surface area (Å²) in [5, 5.41) is 14.4. The van der Waals surface area contributed by atoms with Crippen LogP contribution in [-0.2, 0) is 19.6 Å². The molecular formula is C27H28N4O4S2. The molecule has 0 aliphatic carbocycles. The van der Waals surface area contributed by atoms with Gasteiger partial charge in [0.1, 0.15) is 6.04 Å². The van der Waals surface area contributed by atoms with E-state index in [0.717, 1.165) is 11.1 Å². The summed E-state index contributed by atoms with van der Waals surface area (Å²) in [5.41, 5.74) is 2.11. The van der Waals surface area contributed by atoms with Gasteiger partial charge in [0.15, 0.2) is 0 Å². The van der Waals surface area contributed by atoms with Crippen molar-refractivity contribution in [2.45, 2.75) is 23.4 Å². The highest BCUT2D eigenvalue weighted by atomic mass is 32.2. The molecule has 0 saturated heterocycles. The summed E-state index contributed by atoms with van der Waals surface area (Å²) in [6, 6.07) is 24.8. The zero-order chi connectivity index (χ0) is 26.7. The molecule has 8 nitrogen and oxygen atoms in total. The van der Waals surface area contributed by atoms with Gasteiger partial charge in [-0.3, -0.25) is 9.59 Å². The Kier molecular flexibility index (Phi) is 10.3. The van der Waals surface area contributed by atoms with Crippen molar-refractivity contribution in [3.05, 3.63) is 102 Å². The number of hydrogen-bond acceptors (Lipinski definition) is 6. The molecule has 0 aliphatic rings. The largest absolute Gasteiger partial charge is 0.346 e. The van der Waals surface area contributed by atoms with Crippen molar-refractivity contribution in [2.24, 2.45) is 0 Å². The second kappa shape index (κ2) is 13.6. The number of sulfonamides is 1. The van der Waals surface area contributed by atoms with Gasteiger partial charge < -0.3 is 10.6 Å². The summed E-state index contributed by atoms with van der Waals surface area (Å²) in [6.45, 7) is -0.316. The predicted molar refractivity (Wildman–Crippen MR) is 144 cm³/mol. The van der Waals surface area contributed by atoms with E-state index in [1.54, 1.807) is 0 Å². The third-order valence-corrected chi connectivity index (χ3v) is 7.64. The quantitative estimate of drug-likeness (QED) is 0.327. The summed E-state index contributed by atoms with van der Waals surface area (Å²) >= 11 is 1.47. The van der Waals surface area contributed by atoms with E-state index in [9.17, 15) is 18.0 Å². The first kappa shape index (κ1) is 27.9. The number of carbonyl (C=O) groups excluding carboxylic acids is 2. The van der Waals surface area contributed by atoms with Crippen molar-refractivity contribution < 1.29 is 18.0 Å². The van der Waals surface area contributed by atoms with E-state index in [-0.39, 0.29) is 17.9 Å². The Balaban J connectivity index is 1.67. The molecule has 37 heavy (non-hydrogen) atoms. The van der Waals surface area contributed by atoms with Crippen molar-refractivity contribution >= 4 is 33.6 Å². The van der Waals surface area contributed by atoms with Crippen LogP contribution in [0.25, 0.3) is 0 Å². The zero-order valence-electron chi connectivity index (χ0n) is 20.3. The normalized spacial score (nSPS) is 11.9. The van der Waals surface area contributed by atoms with Gasteiger partial charge in [-0.1, -0.05) is 60.7 Å². The van der Waals surface area contributed by atoms with Crippen LogP contribution in [-0.4, -0.2) is 44.8 Å². The summed E-state index contributed by atoms with van der Waals surface area (Å²) in [5.74, 6) is -0.480. The molecule has 1 atom stereocenters. The smallest absolute Gasteiger partial charge is 0.241 e. The fourth-order valence-corrected chi connectivity index (χ4v) is 5.30. The minimum atomic E-state index is -4.02. The van der Waals surface area contributed by atoms with Gasteiger partial charge in [0.25, 0.3) is 0 Å². The number of thioether (sulfide) groups is 1. The molecule has 3 aromatic carbocycles. The molecule has 0 aliphatic heterocycles. The van der Waals surface area contributed by atoms with Gasteiger partial charge in [-0.25, -0.2) is 8.42 Å². The monoisotopic (exact) mass is 536 g/mol. The number of rotatable bonds is 12. The first-order chi connectivity index (χ1) is 17.8. The van der Waals surface area contributed by atoms with Crippen LogP contribution in [0.3, 0.4) is 0 Å². The Morgan fingerprint density at radius 3 is 2.00 bits per heavy atom. The molecule has 3 rings (SSSR count). The van der Waals surface area contributed by atoms with Gasteiger partial charge in [0.2, 0.25) is 21.8 Å². The van der Waals surface area contributed by atoms with Crippen molar-refractivity contribution in [3.8, 4) is 6.07 Å². The maximum Gasteiger partial charge on any atom is 0.241 e. The van der Waals surface area contributed by atoms with E-state index in [1.807, 2.05) is 73.0 Å². The Morgan fingerprint density at radius 2 is 1.49 bits per heavy atom. The molecule has 10 heteroatoms. The number of benzene rings is 3. The molecule has 0 saturated carbocycles. The third-order valence-electron chi connectivity index (χ3n) is 5.51. The lowest BCUT2D eigenvalue weighted by molar-refractivity contribution is -0.127. The van der Waals surface area contributed by atoms with Crippen molar-refractivity contribution in [1.29, 1.82) is 5.26 Å². The first-order valence-electron chi connectivity index (χ1n) is 11.5. The standard InChI is InChI=1S/C27H28N4O4S2/c1-36-17-16-24(31-37(34,35)23-14-12-20(18-28)13-15-23)27(33)29-19-25(32)30-26(21-8-4-2-5-9-21)22-10-6-3-7-11-22/h2-15,24,26,31H,16-17,19H2,1H3,(H,29,33)(H,30,32).